The fourth-order valence-corrected chi connectivity index (χ4v) is 1.81. The molecule has 0 aliphatic heterocycles. The molecule has 0 bridgehead atoms. The average molecular weight is 285 g/mol. The number of hydrogen-bond acceptors (Lipinski definition) is 4. The number of rotatable bonds is 5. The number of nitrogens with two attached hydrogens (primary N) is 1. The van der Waals surface area contributed by atoms with E-state index >= 15 is 0 Å². The highest BCUT2D eigenvalue weighted by Gasteiger charge is 2.24. The van der Waals surface area contributed by atoms with E-state index in [0.29, 0.717) is 10.7 Å². The Balaban J connectivity index is 3.09. The maximum atomic E-state index is 11.7. The van der Waals surface area contributed by atoms with Crippen molar-refractivity contribution in [3.8, 4) is 0 Å². The molecule has 1 aromatic rings. The van der Waals surface area contributed by atoms with Crippen LogP contribution in [0.3, 0.4) is 0 Å². The van der Waals surface area contributed by atoms with Crippen molar-refractivity contribution in [3.63, 3.8) is 0 Å². The molecule has 19 heavy (non-hydrogen) atoms. The summed E-state index contributed by atoms with van der Waals surface area (Å²) in [4.78, 5) is 23.1. The topological polar surface area (TPSA) is 81.4 Å². The van der Waals surface area contributed by atoms with Gasteiger partial charge in [0, 0.05) is 10.7 Å². The predicted molar refractivity (Wildman–Crippen MR) is 74.2 cm³/mol. The summed E-state index contributed by atoms with van der Waals surface area (Å²) >= 11 is 5.82. The molecule has 0 aromatic heterocycles. The van der Waals surface area contributed by atoms with Crippen LogP contribution >= 0.6 is 11.6 Å². The minimum Gasteiger partial charge on any atom is -0.467 e. The largest absolute Gasteiger partial charge is 0.467 e. The molecular weight excluding hydrogens is 268 g/mol. The molecule has 0 saturated carbocycles. The molecule has 3 N–H and O–H groups in total. The number of halogens is 1. The summed E-state index contributed by atoms with van der Waals surface area (Å²) in [7, 11) is 1.32. The minimum absolute atomic E-state index is 0.0103. The number of hydrogen-bond donors (Lipinski definition) is 2. The Morgan fingerprint density at radius 3 is 2.47 bits per heavy atom. The zero-order valence-corrected chi connectivity index (χ0v) is 11.8. The van der Waals surface area contributed by atoms with E-state index in [2.05, 4.69) is 5.32 Å². The van der Waals surface area contributed by atoms with Crippen molar-refractivity contribution in [1.82, 2.24) is 0 Å². The SMILES string of the molecule is COC(=O)C(Nc1ccc(Cl)cc1C(N)=O)C(C)C. The summed E-state index contributed by atoms with van der Waals surface area (Å²) in [5.74, 6) is -1.03. The maximum Gasteiger partial charge on any atom is 0.328 e. The number of anilines is 1. The summed E-state index contributed by atoms with van der Waals surface area (Å²) in [6.45, 7) is 3.74. The highest BCUT2D eigenvalue weighted by atomic mass is 35.5. The van der Waals surface area contributed by atoms with Gasteiger partial charge in [0.2, 0.25) is 0 Å². The van der Waals surface area contributed by atoms with Crippen molar-refractivity contribution < 1.29 is 14.3 Å². The molecule has 0 aliphatic carbocycles. The zero-order chi connectivity index (χ0) is 14.6. The van der Waals surface area contributed by atoms with E-state index in [1.807, 2.05) is 13.8 Å². The molecule has 0 heterocycles. The number of carbonyl (C=O) groups is 2. The first-order valence-corrected chi connectivity index (χ1v) is 6.18. The minimum atomic E-state index is -0.614. The molecule has 0 spiro atoms. The van der Waals surface area contributed by atoms with Crippen LogP contribution in [0.4, 0.5) is 5.69 Å². The molecule has 1 amide bonds. The molecule has 1 aromatic carbocycles. The Morgan fingerprint density at radius 2 is 2.00 bits per heavy atom. The van der Waals surface area contributed by atoms with Crippen molar-refractivity contribution in [1.29, 1.82) is 0 Å². The number of amides is 1. The fraction of sp³-hybridized carbons (Fsp3) is 0.385. The second-order valence-electron chi connectivity index (χ2n) is 4.44. The van der Waals surface area contributed by atoms with Crippen molar-refractivity contribution >= 4 is 29.2 Å². The lowest BCUT2D eigenvalue weighted by atomic mass is 10.0. The molecule has 1 rings (SSSR count). The summed E-state index contributed by atoms with van der Waals surface area (Å²) in [5, 5.41) is 3.37. The summed E-state index contributed by atoms with van der Waals surface area (Å²) in [6, 6.07) is 4.12. The number of nitrogens with one attached hydrogen (secondary N) is 1. The lowest BCUT2D eigenvalue weighted by molar-refractivity contribution is -0.142. The molecule has 5 nitrogen and oxygen atoms in total. The van der Waals surface area contributed by atoms with Gasteiger partial charge in [-0.1, -0.05) is 25.4 Å². The van der Waals surface area contributed by atoms with Gasteiger partial charge in [-0.3, -0.25) is 4.79 Å². The van der Waals surface area contributed by atoms with Crippen molar-refractivity contribution in [2.75, 3.05) is 12.4 Å². The number of carbonyl (C=O) groups excluding carboxylic acids is 2. The van der Waals surface area contributed by atoms with Crippen LogP contribution in [0.5, 0.6) is 0 Å². The maximum absolute atomic E-state index is 11.7. The molecule has 104 valence electrons. The van der Waals surface area contributed by atoms with Crippen molar-refractivity contribution in [2.24, 2.45) is 11.7 Å². The number of ether oxygens (including phenoxy) is 1. The third-order valence-electron chi connectivity index (χ3n) is 2.68. The second kappa shape index (κ2) is 6.43. The quantitative estimate of drug-likeness (QED) is 0.811. The zero-order valence-electron chi connectivity index (χ0n) is 11.1. The van der Waals surface area contributed by atoms with Gasteiger partial charge in [-0.05, 0) is 24.1 Å². The molecule has 1 atom stereocenters. The Kier molecular flexibility index (Phi) is 5.18. The lowest BCUT2D eigenvalue weighted by Crippen LogP contribution is -2.36. The average Bonchev–Trinajstić information content (AvgIpc) is 2.35. The van der Waals surface area contributed by atoms with E-state index in [4.69, 9.17) is 22.1 Å². The fourth-order valence-electron chi connectivity index (χ4n) is 1.64. The third-order valence-corrected chi connectivity index (χ3v) is 2.91. The van der Waals surface area contributed by atoms with Gasteiger partial charge in [0.25, 0.3) is 5.91 Å². The number of primary amides is 1. The molecular formula is C13H17ClN2O3. The van der Waals surface area contributed by atoms with E-state index in [0.717, 1.165) is 0 Å². The smallest absolute Gasteiger partial charge is 0.328 e. The van der Waals surface area contributed by atoms with Gasteiger partial charge >= 0.3 is 5.97 Å². The van der Waals surface area contributed by atoms with Crippen LogP contribution in [0.15, 0.2) is 18.2 Å². The van der Waals surface area contributed by atoms with Gasteiger partial charge < -0.3 is 15.8 Å². The molecule has 0 aliphatic rings. The van der Waals surface area contributed by atoms with Gasteiger partial charge in [-0.25, -0.2) is 4.79 Å². The molecule has 0 saturated heterocycles. The van der Waals surface area contributed by atoms with Crippen LogP contribution in [-0.4, -0.2) is 25.0 Å². The predicted octanol–water partition coefficient (Wildman–Crippen LogP) is 2.05. The van der Waals surface area contributed by atoms with Gasteiger partial charge in [-0.15, -0.1) is 0 Å². The normalized spacial score (nSPS) is 12.1. The van der Waals surface area contributed by atoms with E-state index in [1.54, 1.807) is 12.1 Å². The van der Waals surface area contributed by atoms with Gasteiger partial charge in [0.05, 0.1) is 12.7 Å². The van der Waals surface area contributed by atoms with Gasteiger partial charge in [0.1, 0.15) is 6.04 Å². The molecule has 6 heteroatoms. The molecule has 0 fully saturated rings. The number of methoxy groups -OCH3 is 1. The summed E-state index contributed by atoms with van der Waals surface area (Å²) in [6.07, 6.45) is 0. The monoisotopic (exact) mass is 284 g/mol. The number of benzene rings is 1. The second-order valence-corrected chi connectivity index (χ2v) is 4.88. The third kappa shape index (κ3) is 3.86. The lowest BCUT2D eigenvalue weighted by Gasteiger charge is -2.22. The number of esters is 1. The first kappa shape index (κ1) is 15.3. The Hall–Kier alpha value is -1.75. The Bertz CT molecular complexity index is 489. The standard InChI is InChI=1S/C13H17ClN2O3/c1-7(2)11(13(18)19-3)16-10-5-4-8(14)6-9(10)12(15)17/h4-7,11,16H,1-3H3,(H2,15,17). The van der Waals surface area contributed by atoms with E-state index in [1.165, 1.54) is 13.2 Å². The van der Waals surface area contributed by atoms with Crippen LogP contribution in [0.25, 0.3) is 0 Å². The van der Waals surface area contributed by atoms with Crippen molar-refractivity contribution in [2.45, 2.75) is 19.9 Å². The van der Waals surface area contributed by atoms with Gasteiger partial charge in [0.15, 0.2) is 0 Å². The van der Waals surface area contributed by atoms with Crippen LogP contribution < -0.4 is 11.1 Å². The molecule has 0 radical (unpaired) electrons. The highest BCUT2D eigenvalue weighted by Crippen LogP contribution is 2.22. The van der Waals surface area contributed by atoms with Crippen LogP contribution in [0.2, 0.25) is 5.02 Å². The van der Waals surface area contributed by atoms with Crippen LogP contribution in [0, 0.1) is 5.92 Å². The summed E-state index contributed by atoms with van der Waals surface area (Å²) < 4.78 is 4.73. The van der Waals surface area contributed by atoms with E-state index in [-0.39, 0.29) is 11.5 Å². The van der Waals surface area contributed by atoms with Crippen LogP contribution in [-0.2, 0) is 9.53 Å². The van der Waals surface area contributed by atoms with Gasteiger partial charge in [-0.2, -0.15) is 0 Å². The molecule has 1 unspecified atom stereocenters. The summed E-state index contributed by atoms with van der Waals surface area (Å²) in [5.41, 5.74) is 5.99. The Morgan fingerprint density at radius 1 is 1.37 bits per heavy atom. The van der Waals surface area contributed by atoms with E-state index < -0.39 is 17.9 Å². The first-order valence-electron chi connectivity index (χ1n) is 5.80. The Labute approximate surface area is 117 Å². The van der Waals surface area contributed by atoms with Crippen LogP contribution in [0.1, 0.15) is 24.2 Å². The van der Waals surface area contributed by atoms with Crippen molar-refractivity contribution in [3.05, 3.63) is 28.8 Å². The highest BCUT2D eigenvalue weighted by molar-refractivity contribution is 6.31. The van der Waals surface area contributed by atoms with E-state index in [9.17, 15) is 9.59 Å². The first-order chi connectivity index (χ1) is 8.86.